The molecule has 0 saturated heterocycles. The molecule has 40 heavy (non-hydrogen) atoms. The molecule has 0 aliphatic heterocycles. The molecule has 0 saturated carbocycles. The molecule has 0 spiro atoms. The quantitative estimate of drug-likeness (QED) is 0.0607. The van der Waals surface area contributed by atoms with E-state index in [-0.39, 0.29) is 11.5 Å². The van der Waals surface area contributed by atoms with Gasteiger partial charge in [0, 0.05) is 7.14 Å². The number of aromatic hydroxyl groups is 2. The molecule has 6 rings (SSSR count). The van der Waals surface area contributed by atoms with Crippen LogP contribution in [0.2, 0.25) is 20.1 Å². The number of nitrogens with zero attached hydrogens (tertiary/aromatic N) is 5. The Bertz CT molecular complexity index is 1910. The number of thiol groups is 1. The molecule has 1 radical (unpaired) electrons. The summed E-state index contributed by atoms with van der Waals surface area (Å²) >= 11 is 34.6. The average Bonchev–Trinajstić information content (AvgIpc) is 2.90. The summed E-state index contributed by atoms with van der Waals surface area (Å²) in [5.41, 5.74) is 4.67. The van der Waals surface area contributed by atoms with E-state index in [0.717, 1.165) is 7.14 Å². The predicted octanol–water partition coefficient (Wildman–Crippen LogP) is 9.75. The standard InChI is InChI=1S/C12H4BrCl2IN2O.C12H5Cl2IN2O.BHNS/c13-4-1-7(16)10-11(12(4)19)18-9-3-6(15)5(14)2-8(9)17-10;13-5-3-8-9(4-6(5)14)17-12-10(18)2-1-7(15)11(12)16-8;1-2-3/h1-3,19H;1-4,18H;3H. The van der Waals surface area contributed by atoms with Crippen LogP contribution in [0.3, 0.4) is 0 Å². The van der Waals surface area contributed by atoms with Gasteiger partial charge in [0.25, 0.3) is 0 Å². The molecule has 0 atom stereocenters. The Morgan fingerprint density at radius 3 is 1.50 bits per heavy atom. The van der Waals surface area contributed by atoms with Crippen LogP contribution in [0.5, 0.6) is 11.5 Å². The van der Waals surface area contributed by atoms with Gasteiger partial charge in [0.05, 0.1) is 46.6 Å². The molecule has 2 heterocycles. The Labute approximate surface area is 289 Å². The van der Waals surface area contributed by atoms with Crippen molar-refractivity contribution < 1.29 is 10.2 Å². The van der Waals surface area contributed by atoms with Gasteiger partial charge in [0.15, 0.2) is 5.75 Å². The van der Waals surface area contributed by atoms with Crippen LogP contribution in [0, 0.1) is 7.14 Å². The number of halogens is 7. The van der Waals surface area contributed by atoms with Crippen LogP contribution in [-0.4, -0.2) is 37.8 Å². The van der Waals surface area contributed by atoms with Crippen molar-refractivity contribution in [1.29, 1.82) is 0 Å². The van der Waals surface area contributed by atoms with Crippen LogP contribution in [0.1, 0.15) is 0 Å². The van der Waals surface area contributed by atoms with Crippen molar-refractivity contribution >= 4 is 172 Å². The summed E-state index contributed by atoms with van der Waals surface area (Å²) in [5.74, 6) is 0.168. The van der Waals surface area contributed by atoms with Crippen molar-refractivity contribution in [3.63, 3.8) is 0 Å². The fraction of sp³-hybridized carbons (Fsp3) is 0. The van der Waals surface area contributed by atoms with E-state index in [9.17, 15) is 10.2 Å². The van der Waals surface area contributed by atoms with E-state index < -0.39 is 0 Å². The second-order valence-corrected chi connectivity index (χ2v) is 12.8. The topological polar surface area (TPSA) is 104 Å². The summed E-state index contributed by atoms with van der Waals surface area (Å²) in [6, 6.07) is 11.8. The molecule has 6 aromatic rings. The third-order valence-corrected chi connectivity index (χ3v) is 8.94. The number of benzene rings is 4. The number of hydrogen-bond donors (Lipinski definition) is 3. The second-order valence-electron chi connectivity index (χ2n) is 7.72. The number of fused-ring (bicyclic) bond motifs is 4. The van der Waals surface area contributed by atoms with Crippen LogP contribution in [0.25, 0.3) is 44.1 Å². The molecule has 201 valence electrons. The first-order valence-corrected chi connectivity index (χ1v) is 15.4. The maximum atomic E-state index is 10.1. The van der Waals surface area contributed by atoms with E-state index in [1.165, 1.54) is 0 Å². The normalized spacial score (nSPS) is 10.8. The van der Waals surface area contributed by atoms with Crippen molar-refractivity contribution in [3.8, 4) is 11.5 Å². The first-order valence-electron chi connectivity index (χ1n) is 10.6. The van der Waals surface area contributed by atoms with E-state index in [0.29, 0.717) is 68.7 Å². The number of phenolic OH excluding ortho intramolecular Hbond substituents is 2. The van der Waals surface area contributed by atoms with Crippen molar-refractivity contribution in [2.75, 3.05) is 0 Å². The van der Waals surface area contributed by atoms with Crippen LogP contribution in [0.15, 0.2) is 51.2 Å². The summed E-state index contributed by atoms with van der Waals surface area (Å²) in [4.78, 5) is 17.7. The molecule has 0 amide bonds. The molecule has 7 nitrogen and oxygen atoms in total. The van der Waals surface area contributed by atoms with Gasteiger partial charge in [-0.25, -0.2) is 19.9 Å². The van der Waals surface area contributed by atoms with Crippen molar-refractivity contribution in [2.45, 2.75) is 0 Å². The van der Waals surface area contributed by atoms with Crippen LogP contribution in [0.4, 0.5) is 0 Å². The van der Waals surface area contributed by atoms with Gasteiger partial charge in [-0.1, -0.05) is 46.4 Å². The van der Waals surface area contributed by atoms with Gasteiger partial charge < -0.3 is 10.2 Å². The van der Waals surface area contributed by atoms with Crippen LogP contribution in [-0.2, 0) is 0 Å². The Morgan fingerprint density at radius 2 is 1.05 bits per heavy atom. The number of rotatable bonds is 0. The zero-order valence-corrected chi connectivity index (χ0v) is 29.2. The average molecular weight is 919 g/mol. The van der Waals surface area contributed by atoms with Crippen molar-refractivity contribution in [3.05, 3.63) is 74.2 Å². The first-order chi connectivity index (χ1) is 18.9. The molecule has 0 unspecified atom stereocenters. The van der Waals surface area contributed by atoms with Crippen molar-refractivity contribution in [1.82, 2.24) is 19.9 Å². The third kappa shape index (κ3) is 6.79. The van der Waals surface area contributed by atoms with E-state index in [1.54, 1.807) is 42.5 Å². The Hall–Kier alpha value is -1.01. The molecule has 2 N–H and O–H groups in total. The summed E-state index contributed by atoms with van der Waals surface area (Å²) in [5, 5.41) is 21.6. The SMILES string of the molecule is Oc1c(Br)cc(I)c2nc3cc(Cl)c(Cl)cc3nc12.Oc1ccc(I)c2nc3cc(Cl)c(Cl)cc3nc12.[B]=NS. The fourth-order valence-corrected chi connectivity index (χ4v) is 6.17. The zero-order chi connectivity index (χ0) is 29.3. The number of aromatic nitrogens is 4. The summed E-state index contributed by atoms with van der Waals surface area (Å²) in [7, 11) is 4.34. The van der Waals surface area contributed by atoms with E-state index >= 15 is 0 Å². The van der Waals surface area contributed by atoms with Gasteiger partial charge >= 0.3 is 24.8 Å². The molecule has 0 aliphatic carbocycles. The van der Waals surface area contributed by atoms with Gasteiger partial charge in [-0.2, -0.15) is 0 Å². The molecule has 0 aliphatic rings. The zero-order valence-electron chi connectivity index (χ0n) is 19.3. The Morgan fingerprint density at radius 1 is 0.675 bits per heavy atom. The summed E-state index contributed by atoms with van der Waals surface area (Å²) in [6.45, 7) is 0. The second kappa shape index (κ2) is 13.5. The van der Waals surface area contributed by atoms with Gasteiger partial charge in [-0.05, 0) is 104 Å². The molecular weight excluding hydrogens is 909 g/mol. The number of phenols is 2. The third-order valence-electron chi connectivity index (χ3n) is 5.20. The minimum atomic E-state index is 0.0656. The Kier molecular flexibility index (Phi) is 10.8. The predicted molar refractivity (Wildman–Crippen MR) is 188 cm³/mol. The van der Waals surface area contributed by atoms with Gasteiger partial charge in [-0.3, -0.25) is 0 Å². The summed E-state index contributed by atoms with van der Waals surface area (Å²) < 4.78 is 5.08. The van der Waals surface area contributed by atoms with Gasteiger partial charge in [0.1, 0.15) is 27.8 Å². The van der Waals surface area contributed by atoms with E-state index in [4.69, 9.17) is 46.4 Å². The maximum absolute atomic E-state index is 10.1. The first kappa shape index (κ1) is 31.9. The van der Waals surface area contributed by atoms with E-state index in [1.807, 2.05) is 0 Å². The molecule has 4 aromatic carbocycles. The van der Waals surface area contributed by atoms with Crippen LogP contribution < -0.4 is 0 Å². The fourth-order valence-electron chi connectivity index (χ4n) is 3.45. The molecule has 16 heteroatoms. The molecule has 0 bridgehead atoms. The summed E-state index contributed by atoms with van der Waals surface area (Å²) in [6.07, 6.45) is 0. The van der Waals surface area contributed by atoms with Crippen LogP contribution >= 0.6 is 120 Å². The van der Waals surface area contributed by atoms with Gasteiger partial charge in [-0.15, -0.1) is 0 Å². The molecular formula is C24H10BBrCl4I2N5O2S. The molecule has 2 aromatic heterocycles. The van der Waals surface area contributed by atoms with Crippen molar-refractivity contribution in [2.24, 2.45) is 4.30 Å². The number of hydrogen-bond acceptors (Lipinski definition) is 8. The minimum absolute atomic E-state index is 0.0656. The molecule has 0 fully saturated rings. The van der Waals surface area contributed by atoms with E-state index in [2.05, 4.69) is 106 Å². The monoisotopic (exact) mass is 916 g/mol. The van der Waals surface area contributed by atoms with Gasteiger partial charge in [0.2, 0.25) is 0 Å². The Balaban J connectivity index is 0.000000169.